The first-order valence-corrected chi connectivity index (χ1v) is 8.41. The Balaban J connectivity index is 2.08. The van der Waals surface area contributed by atoms with Gasteiger partial charge in [-0.05, 0) is 45.7 Å². The van der Waals surface area contributed by atoms with Crippen molar-refractivity contribution < 1.29 is 14.6 Å². The molecule has 7 nitrogen and oxygen atoms in total. The normalized spacial score (nSPS) is 13.0. The van der Waals surface area contributed by atoms with Crippen molar-refractivity contribution in [3.8, 4) is 5.75 Å². The summed E-state index contributed by atoms with van der Waals surface area (Å²) in [4.78, 5) is 17.5. The first-order valence-electron chi connectivity index (χ1n) is 8.41. The van der Waals surface area contributed by atoms with Crippen molar-refractivity contribution in [2.24, 2.45) is 12.8 Å². The highest BCUT2D eigenvalue weighted by Gasteiger charge is 2.26. The second-order valence-electron chi connectivity index (χ2n) is 7.24. The van der Waals surface area contributed by atoms with E-state index in [2.05, 4.69) is 4.98 Å². The van der Waals surface area contributed by atoms with E-state index >= 15 is 0 Å². The number of methoxy groups -OCH3 is 1. The third-order valence-corrected chi connectivity index (χ3v) is 4.39. The number of amides is 1. The van der Waals surface area contributed by atoms with Gasteiger partial charge in [-0.25, -0.2) is 9.78 Å². The number of nitrogens with two attached hydrogens (primary N) is 1. The molecule has 0 spiro atoms. The van der Waals surface area contributed by atoms with Crippen LogP contribution in [0.15, 0.2) is 18.2 Å². The van der Waals surface area contributed by atoms with E-state index in [1.54, 1.807) is 7.11 Å². The Bertz CT molecular complexity index is 749. The van der Waals surface area contributed by atoms with Gasteiger partial charge in [-0.15, -0.1) is 0 Å². The Morgan fingerprint density at radius 2 is 2.12 bits per heavy atom. The first-order chi connectivity index (χ1) is 11.6. The van der Waals surface area contributed by atoms with Gasteiger partial charge in [0.15, 0.2) is 0 Å². The summed E-state index contributed by atoms with van der Waals surface area (Å²) in [5.41, 5.74) is 7.73. The molecule has 3 N–H and O–H groups in total. The fourth-order valence-corrected chi connectivity index (χ4v) is 2.97. The van der Waals surface area contributed by atoms with E-state index < -0.39 is 11.6 Å². The molecule has 138 valence electrons. The van der Waals surface area contributed by atoms with Gasteiger partial charge in [0.2, 0.25) is 0 Å². The Morgan fingerprint density at radius 3 is 2.68 bits per heavy atom. The molecule has 0 saturated carbocycles. The smallest absolute Gasteiger partial charge is 0.407 e. The fourth-order valence-electron chi connectivity index (χ4n) is 2.97. The number of carboxylic acid groups (broad SMARTS) is 1. The fraction of sp³-hybridized carbons (Fsp3) is 0.556. The molecule has 0 bridgehead atoms. The minimum atomic E-state index is -0.907. The SMILES string of the molecule is COc1ccc2c(c1)nc(C(N)CCCN(C(=O)O)C(C)(C)C)n2C. The van der Waals surface area contributed by atoms with Crippen LogP contribution < -0.4 is 10.5 Å². The van der Waals surface area contributed by atoms with Crippen LogP contribution in [0.5, 0.6) is 5.75 Å². The third kappa shape index (κ3) is 4.22. The van der Waals surface area contributed by atoms with Crippen molar-refractivity contribution in [3.05, 3.63) is 24.0 Å². The van der Waals surface area contributed by atoms with Gasteiger partial charge in [-0.1, -0.05) is 0 Å². The number of imidazole rings is 1. The average molecular weight is 348 g/mol. The van der Waals surface area contributed by atoms with E-state index in [9.17, 15) is 9.90 Å². The molecule has 0 aliphatic rings. The van der Waals surface area contributed by atoms with E-state index in [0.29, 0.717) is 19.4 Å². The van der Waals surface area contributed by atoms with Crippen molar-refractivity contribution in [2.75, 3.05) is 13.7 Å². The van der Waals surface area contributed by atoms with Gasteiger partial charge >= 0.3 is 6.09 Å². The highest BCUT2D eigenvalue weighted by molar-refractivity contribution is 5.77. The van der Waals surface area contributed by atoms with E-state index in [-0.39, 0.29) is 6.04 Å². The van der Waals surface area contributed by atoms with Crippen LogP contribution in [0.2, 0.25) is 0 Å². The molecule has 25 heavy (non-hydrogen) atoms. The minimum Gasteiger partial charge on any atom is -0.497 e. The molecule has 0 aliphatic heterocycles. The molecule has 0 aliphatic carbocycles. The van der Waals surface area contributed by atoms with Crippen molar-refractivity contribution >= 4 is 17.1 Å². The van der Waals surface area contributed by atoms with Gasteiger partial charge in [0, 0.05) is 25.2 Å². The van der Waals surface area contributed by atoms with Gasteiger partial charge in [-0.2, -0.15) is 0 Å². The molecule has 0 saturated heterocycles. The van der Waals surface area contributed by atoms with Crippen LogP contribution in [-0.2, 0) is 7.05 Å². The quantitative estimate of drug-likeness (QED) is 0.836. The second-order valence-corrected chi connectivity index (χ2v) is 7.24. The summed E-state index contributed by atoms with van der Waals surface area (Å²) in [6.45, 7) is 6.12. The van der Waals surface area contributed by atoms with Gasteiger partial charge in [0.05, 0.1) is 24.2 Å². The number of hydrogen-bond acceptors (Lipinski definition) is 4. The molecule has 1 unspecified atom stereocenters. The van der Waals surface area contributed by atoms with Gasteiger partial charge < -0.3 is 25.0 Å². The van der Waals surface area contributed by atoms with Gasteiger partial charge in [0.1, 0.15) is 11.6 Å². The molecule has 7 heteroatoms. The first kappa shape index (κ1) is 19.1. The van der Waals surface area contributed by atoms with Crippen LogP contribution >= 0.6 is 0 Å². The predicted molar refractivity (Wildman–Crippen MR) is 97.9 cm³/mol. The molecule has 1 atom stereocenters. The summed E-state index contributed by atoms with van der Waals surface area (Å²) >= 11 is 0. The molecule has 1 amide bonds. The highest BCUT2D eigenvalue weighted by atomic mass is 16.5. The van der Waals surface area contributed by atoms with Gasteiger partial charge in [0.25, 0.3) is 0 Å². The number of aromatic nitrogens is 2. The Kier molecular flexibility index (Phi) is 5.57. The van der Waals surface area contributed by atoms with E-state index in [1.165, 1.54) is 4.90 Å². The number of benzene rings is 1. The highest BCUT2D eigenvalue weighted by Crippen LogP contribution is 2.25. The maximum atomic E-state index is 11.4. The Labute approximate surface area is 148 Å². The number of hydrogen-bond donors (Lipinski definition) is 2. The van der Waals surface area contributed by atoms with Crippen molar-refractivity contribution in [3.63, 3.8) is 0 Å². The zero-order valence-electron chi connectivity index (χ0n) is 15.6. The maximum Gasteiger partial charge on any atom is 0.407 e. The standard InChI is InChI=1S/C18H28N4O3/c1-18(2,3)22(17(23)24)10-6-7-13(19)16-20-14-11-12(25-5)8-9-15(14)21(16)4/h8-9,11,13H,6-7,10,19H2,1-5H3,(H,23,24). The molecule has 0 radical (unpaired) electrons. The largest absolute Gasteiger partial charge is 0.497 e. The number of rotatable bonds is 6. The van der Waals surface area contributed by atoms with E-state index in [4.69, 9.17) is 10.5 Å². The summed E-state index contributed by atoms with van der Waals surface area (Å²) < 4.78 is 7.22. The summed E-state index contributed by atoms with van der Waals surface area (Å²) in [6.07, 6.45) is 0.432. The topological polar surface area (TPSA) is 93.6 Å². The summed E-state index contributed by atoms with van der Waals surface area (Å²) in [5, 5.41) is 9.35. The van der Waals surface area contributed by atoms with Crippen LogP contribution in [0.1, 0.15) is 45.5 Å². The second kappa shape index (κ2) is 7.31. The average Bonchev–Trinajstić information content (AvgIpc) is 2.86. The summed E-state index contributed by atoms with van der Waals surface area (Å²) in [6, 6.07) is 5.49. The number of carbonyl (C=O) groups is 1. The van der Waals surface area contributed by atoms with Crippen LogP contribution in [0.25, 0.3) is 11.0 Å². The lowest BCUT2D eigenvalue weighted by Gasteiger charge is -2.33. The molecule has 2 rings (SSSR count). The van der Waals surface area contributed by atoms with E-state index in [1.807, 2.05) is 50.6 Å². The van der Waals surface area contributed by atoms with Crippen LogP contribution in [0.3, 0.4) is 0 Å². The summed E-state index contributed by atoms with van der Waals surface area (Å²) in [7, 11) is 3.57. The van der Waals surface area contributed by atoms with Crippen LogP contribution in [0, 0.1) is 0 Å². The molecule has 1 heterocycles. The maximum absolute atomic E-state index is 11.4. The van der Waals surface area contributed by atoms with Crippen LogP contribution in [-0.4, -0.2) is 44.8 Å². The molecular formula is C18H28N4O3. The lowest BCUT2D eigenvalue weighted by atomic mass is 10.1. The zero-order valence-corrected chi connectivity index (χ0v) is 15.6. The lowest BCUT2D eigenvalue weighted by Crippen LogP contribution is -2.45. The number of fused-ring (bicyclic) bond motifs is 1. The van der Waals surface area contributed by atoms with Crippen molar-refractivity contribution in [1.29, 1.82) is 0 Å². The number of nitrogens with zero attached hydrogens (tertiary/aromatic N) is 3. The predicted octanol–water partition coefficient (Wildman–Crippen LogP) is 3.14. The molecule has 1 aromatic carbocycles. The molecule has 0 fully saturated rings. The zero-order chi connectivity index (χ0) is 18.8. The summed E-state index contributed by atoms with van der Waals surface area (Å²) in [5.74, 6) is 1.55. The molecule has 2 aromatic rings. The third-order valence-electron chi connectivity index (χ3n) is 4.39. The lowest BCUT2D eigenvalue weighted by molar-refractivity contribution is 0.0986. The van der Waals surface area contributed by atoms with Gasteiger partial charge in [-0.3, -0.25) is 0 Å². The Hall–Kier alpha value is -2.28. The number of aryl methyl sites for hydroxylation is 1. The van der Waals surface area contributed by atoms with Crippen molar-refractivity contribution in [2.45, 2.75) is 45.2 Å². The minimum absolute atomic E-state index is 0.251. The molecule has 1 aromatic heterocycles. The number of ether oxygens (including phenoxy) is 1. The monoisotopic (exact) mass is 348 g/mol. The van der Waals surface area contributed by atoms with E-state index in [0.717, 1.165) is 22.6 Å². The van der Waals surface area contributed by atoms with Crippen molar-refractivity contribution in [1.82, 2.24) is 14.5 Å². The molecular weight excluding hydrogens is 320 g/mol. The Morgan fingerprint density at radius 1 is 1.44 bits per heavy atom. The van der Waals surface area contributed by atoms with Crippen LogP contribution in [0.4, 0.5) is 4.79 Å².